The predicted molar refractivity (Wildman–Crippen MR) is 48.4 cm³/mol. The molecule has 14 heavy (non-hydrogen) atoms. The highest BCUT2D eigenvalue weighted by molar-refractivity contribution is 5.74. The van der Waals surface area contributed by atoms with Crippen molar-refractivity contribution in [2.45, 2.75) is 19.4 Å². The van der Waals surface area contributed by atoms with Crippen LogP contribution in [0.15, 0.2) is 18.6 Å². The van der Waals surface area contributed by atoms with Crippen LogP contribution in [0.1, 0.15) is 12.6 Å². The maximum atomic E-state index is 11.0. The van der Waals surface area contributed by atoms with Crippen LogP contribution in [0, 0.1) is 0 Å². The van der Waals surface area contributed by atoms with Crippen LogP contribution in [-0.2, 0) is 16.0 Å². The number of nitrogens with zero attached hydrogens (tertiary/aromatic N) is 2. The molecule has 76 valence electrons. The van der Waals surface area contributed by atoms with Gasteiger partial charge in [-0.3, -0.25) is 9.97 Å². The van der Waals surface area contributed by atoms with Crippen molar-refractivity contribution in [1.82, 2.24) is 9.97 Å². The molecule has 0 aliphatic heterocycles. The Hall–Kier alpha value is -1.49. The number of aromatic nitrogens is 2. The third-order valence-electron chi connectivity index (χ3n) is 1.58. The van der Waals surface area contributed by atoms with E-state index in [4.69, 9.17) is 0 Å². The van der Waals surface area contributed by atoms with Gasteiger partial charge in [0, 0.05) is 25.0 Å². The van der Waals surface area contributed by atoms with E-state index in [0.29, 0.717) is 5.69 Å². The molecule has 1 atom stereocenters. The average Bonchev–Trinajstić information content (AvgIpc) is 2.19. The van der Waals surface area contributed by atoms with Gasteiger partial charge in [-0.25, -0.2) is 4.79 Å². The topological polar surface area (TPSA) is 72.3 Å². The van der Waals surface area contributed by atoms with Gasteiger partial charge in [0.1, 0.15) is 0 Å². The van der Waals surface area contributed by atoms with Gasteiger partial charge >= 0.3 is 5.97 Å². The molecular formula is C9H12N2O3. The molecule has 0 saturated carbocycles. The number of hydrogen-bond acceptors (Lipinski definition) is 5. The highest BCUT2D eigenvalue weighted by atomic mass is 16.5. The Morgan fingerprint density at radius 2 is 2.43 bits per heavy atom. The number of aliphatic hydroxyl groups is 1. The van der Waals surface area contributed by atoms with Gasteiger partial charge in [0.2, 0.25) is 0 Å². The minimum Gasteiger partial charge on any atom is -0.464 e. The first kappa shape index (κ1) is 10.6. The number of ether oxygens (including phenoxy) is 1. The standard InChI is InChI=1S/C9H12N2O3/c1-2-14-9(13)8(12)5-7-6-10-3-4-11-7/h3-4,6,8,12H,2,5H2,1H3. The van der Waals surface area contributed by atoms with Crippen molar-refractivity contribution in [1.29, 1.82) is 0 Å². The lowest BCUT2D eigenvalue weighted by molar-refractivity contribution is -0.152. The number of carbonyl (C=O) groups is 1. The summed E-state index contributed by atoms with van der Waals surface area (Å²) in [4.78, 5) is 18.8. The average molecular weight is 196 g/mol. The largest absolute Gasteiger partial charge is 0.464 e. The van der Waals surface area contributed by atoms with E-state index in [1.165, 1.54) is 18.6 Å². The van der Waals surface area contributed by atoms with Crippen LogP contribution in [0.25, 0.3) is 0 Å². The van der Waals surface area contributed by atoms with Crippen molar-refractivity contribution in [3.05, 3.63) is 24.3 Å². The van der Waals surface area contributed by atoms with Crippen LogP contribution in [0.2, 0.25) is 0 Å². The Bertz CT molecular complexity index is 289. The normalized spacial score (nSPS) is 12.1. The Morgan fingerprint density at radius 1 is 1.64 bits per heavy atom. The van der Waals surface area contributed by atoms with Crippen molar-refractivity contribution >= 4 is 5.97 Å². The molecule has 0 radical (unpaired) electrons. The van der Waals surface area contributed by atoms with Crippen LogP contribution >= 0.6 is 0 Å². The quantitative estimate of drug-likeness (QED) is 0.683. The molecule has 1 unspecified atom stereocenters. The van der Waals surface area contributed by atoms with Gasteiger partial charge in [0.25, 0.3) is 0 Å². The van der Waals surface area contributed by atoms with Gasteiger partial charge in [-0.2, -0.15) is 0 Å². The molecule has 0 aromatic carbocycles. The Balaban J connectivity index is 2.49. The van der Waals surface area contributed by atoms with Gasteiger partial charge in [0.05, 0.1) is 12.3 Å². The van der Waals surface area contributed by atoms with E-state index in [1.54, 1.807) is 6.92 Å². The number of esters is 1. The molecule has 1 aromatic rings. The van der Waals surface area contributed by atoms with Gasteiger partial charge in [-0.05, 0) is 6.92 Å². The first-order valence-electron chi connectivity index (χ1n) is 4.33. The molecule has 0 bridgehead atoms. The minimum atomic E-state index is -1.16. The summed E-state index contributed by atoms with van der Waals surface area (Å²) in [6.45, 7) is 1.95. The van der Waals surface area contributed by atoms with Gasteiger partial charge < -0.3 is 9.84 Å². The van der Waals surface area contributed by atoms with Crippen molar-refractivity contribution in [2.24, 2.45) is 0 Å². The minimum absolute atomic E-state index is 0.132. The first-order valence-corrected chi connectivity index (χ1v) is 4.33. The summed E-state index contributed by atoms with van der Waals surface area (Å²) < 4.78 is 4.64. The smallest absolute Gasteiger partial charge is 0.335 e. The molecule has 5 nitrogen and oxygen atoms in total. The van der Waals surface area contributed by atoms with Crippen LogP contribution < -0.4 is 0 Å². The molecule has 0 amide bonds. The second kappa shape index (κ2) is 5.29. The lowest BCUT2D eigenvalue weighted by Crippen LogP contribution is -2.25. The first-order chi connectivity index (χ1) is 6.74. The number of hydrogen-bond donors (Lipinski definition) is 1. The van der Waals surface area contributed by atoms with Crippen molar-refractivity contribution in [2.75, 3.05) is 6.61 Å². The molecule has 0 aliphatic rings. The third-order valence-corrected chi connectivity index (χ3v) is 1.58. The summed E-state index contributed by atoms with van der Waals surface area (Å²) >= 11 is 0. The lowest BCUT2D eigenvalue weighted by Gasteiger charge is -2.08. The second-order valence-electron chi connectivity index (χ2n) is 2.67. The zero-order valence-electron chi connectivity index (χ0n) is 7.88. The Labute approximate surface area is 81.8 Å². The van der Waals surface area contributed by atoms with Crippen LogP contribution in [-0.4, -0.2) is 33.8 Å². The zero-order chi connectivity index (χ0) is 10.4. The molecule has 1 rings (SSSR count). The summed E-state index contributed by atoms with van der Waals surface area (Å²) in [7, 11) is 0. The summed E-state index contributed by atoms with van der Waals surface area (Å²) in [5.74, 6) is -0.627. The van der Waals surface area contributed by atoms with Gasteiger partial charge in [0.15, 0.2) is 6.10 Å². The number of aliphatic hydroxyl groups excluding tert-OH is 1. The fourth-order valence-corrected chi connectivity index (χ4v) is 0.955. The van der Waals surface area contributed by atoms with E-state index < -0.39 is 12.1 Å². The second-order valence-corrected chi connectivity index (χ2v) is 2.67. The maximum Gasteiger partial charge on any atom is 0.335 e. The summed E-state index contributed by atoms with van der Waals surface area (Å²) in [6.07, 6.45) is 3.51. The fraction of sp³-hybridized carbons (Fsp3) is 0.444. The van der Waals surface area contributed by atoms with Crippen LogP contribution in [0.5, 0.6) is 0 Å². The lowest BCUT2D eigenvalue weighted by atomic mass is 10.2. The predicted octanol–water partition coefficient (Wildman–Crippen LogP) is -0.0569. The van der Waals surface area contributed by atoms with E-state index >= 15 is 0 Å². The van der Waals surface area contributed by atoms with E-state index in [-0.39, 0.29) is 13.0 Å². The number of carbonyl (C=O) groups excluding carboxylic acids is 1. The summed E-state index contributed by atoms with van der Waals surface area (Å²) in [5, 5.41) is 9.36. The molecular weight excluding hydrogens is 184 g/mol. The highest BCUT2D eigenvalue weighted by Gasteiger charge is 2.16. The Morgan fingerprint density at radius 3 is 3.00 bits per heavy atom. The summed E-state index contributed by atoms with van der Waals surface area (Å²) in [6, 6.07) is 0. The molecule has 0 spiro atoms. The Kier molecular flexibility index (Phi) is 4.00. The van der Waals surface area contributed by atoms with E-state index in [2.05, 4.69) is 14.7 Å². The van der Waals surface area contributed by atoms with Crippen LogP contribution in [0.3, 0.4) is 0 Å². The van der Waals surface area contributed by atoms with Crippen LogP contribution in [0.4, 0.5) is 0 Å². The van der Waals surface area contributed by atoms with Gasteiger partial charge in [-0.15, -0.1) is 0 Å². The van der Waals surface area contributed by atoms with Crippen molar-refractivity contribution in [3.63, 3.8) is 0 Å². The molecule has 1 N–H and O–H groups in total. The number of rotatable bonds is 4. The molecule has 5 heteroatoms. The molecule has 1 aromatic heterocycles. The van der Waals surface area contributed by atoms with Crippen molar-refractivity contribution < 1.29 is 14.6 Å². The maximum absolute atomic E-state index is 11.0. The van der Waals surface area contributed by atoms with E-state index in [0.717, 1.165) is 0 Å². The third kappa shape index (κ3) is 3.10. The van der Waals surface area contributed by atoms with E-state index in [1.807, 2.05) is 0 Å². The molecule has 0 fully saturated rings. The van der Waals surface area contributed by atoms with Crippen molar-refractivity contribution in [3.8, 4) is 0 Å². The molecule has 1 heterocycles. The molecule has 0 saturated heterocycles. The van der Waals surface area contributed by atoms with Gasteiger partial charge in [-0.1, -0.05) is 0 Å². The fourth-order valence-electron chi connectivity index (χ4n) is 0.955. The summed E-state index contributed by atoms with van der Waals surface area (Å²) in [5.41, 5.74) is 0.563. The zero-order valence-corrected chi connectivity index (χ0v) is 7.88. The highest BCUT2D eigenvalue weighted by Crippen LogP contribution is 1.99. The molecule has 0 aliphatic carbocycles. The monoisotopic (exact) mass is 196 g/mol. The SMILES string of the molecule is CCOC(=O)C(O)Cc1cnccn1. The van der Waals surface area contributed by atoms with E-state index in [9.17, 15) is 9.90 Å².